The van der Waals surface area contributed by atoms with E-state index in [1.165, 1.54) is 0 Å². The summed E-state index contributed by atoms with van der Waals surface area (Å²) in [5.41, 5.74) is -0.568. The van der Waals surface area contributed by atoms with Crippen LogP contribution in [0.1, 0.15) is 20.8 Å². The molecular weight excluding hydrogens is 232 g/mol. The Hall–Kier alpha value is -1.23. The zero-order chi connectivity index (χ0) is 12.9. The van der Waals surface area contributed by atoms with Crippen LogP contribution in [0.15, 0.2) is 11.6 Å². The van der Waals surface area contributed by atoms with Gasteiger partial charge < -0.3 is 15.7 Å². The number of carboxylic acid groups (broad SMARTS) is 1. The molecule has 0 heterocycles. The Morgan fingerprint density at radius 3 is 2.25 bits per heavy atom. The van der Waals surface area contributed by atoms with Crippen molar-refractivity contribution in [3.05, 3.63) is 11.6 Å². The van der Waals surface area contributed by atoms with Crippen molar-refractivity contribution < 1.29 is 14.7 Å². The summed E-state index contributed by atoms with van der Waals surface area (Å²) < 4.78 is 0. The first kappa shape index (κ1) is 14.8. The number of carbonyl (C=O) groups excluding carboxylic acids is 1. The minimum Gasteiger partial charge on any atom is -0.480 e. The quantitative estimate of drug-likeness (QED) is 0.706. The van der Waals surface area contributed by atoms with Gasteiger partial charge in [0.1, 0.15) is 6.04 Å². The summed E-state index contributed by atoms with van der Waals surface area (Å²) in [5.74, 6) is -1.08. The zero-order valence-corrected chi connectivity index (χ0v) is 10.4. The molecule has 92 valence electrons. The Balaban J connectivity index is 4.37. The smallest absolute Gasteiger partial charge is 0.326 e. The summed E-state index contributed by atoms with van der Waals surface area (Å²) in [6.45, 7) is 8.68. The van der Waals surface area contributed by atoms with Gasteiger partial charge in [-0.25, -0.2) is 9.59 Å². The van der Waals surface area contributed by atoms with Crippen LogP contribution in [-0.4, -0.2) is 29.7 Å². The minimum absolute atomic E-state index is 0.101. The number of halogens is 1. The lowest BCUT2D eigenvalue weighted by atomic mass is 9.87. The first-order valence-electron chi connectivity index (χ1n) is 4.75. The maximum Gasteiger partial charge on any atom is 0.326 e. The number of carbonyl (C=O) groups is 2. The highest BCUT2D eigenvalue weighted by molar-refractivity contribution is 6.29. The van der Waals surface area contributed by atoms with Gasteiger partial charge in [0.15, 0.2) is 0 Å². The van der Waals surface area contributed by atoms with Crippen molar-refractivity contribution in [1.82, 2.24) is 10.6 Å². The monoisotopic (exact) mass is 248 g/mol. The molecule has 1 unspecified atom stereocenters. The molecule has 0 aromatic rings. The Bertz CT molecular complexity index is 297. The van der Waals surface area contributed by atoms with Gasteiger partial charge in [-0.15, -0.1) is 0 Å². The lowest BCUT2D eigenvalue weighted by Crippen LogP contribution is -2.52. The maximum absolute atomic E-state index is 11.3. The van der Waals surface area contributed by atoms with Gasteiger partial charge in [-0.3, -0.25) is 0 Å². The molecule has 16 heavy (non-hydrogen) atoms. The van der Waals surface area contributed by atoms with Crippen molar-refractivity contribution in [2.75, 3.05) is 6.54 Å². The van der Waals surface area contributed by atoms with Crippen molar-refractivity contribution in [2.24, 2.45) is 5.41 Å². The molecule has 0 radical (unpaired) electrons. The number of urea groups is 1. The highest BCUT2D eigenvalue weighted by Gasteiger charge is 2.32. The lowest BCUT2D eigenvalue weighted by molar-refractivity contribution is -0.141. The van der Waals surface area contributed by atoms with Crippen molar-refractivity contribution >= 4 is 23.6 Å². The Labute approximate surface area is 99.9 Å². The van der Waals surface area contributed by atoms with Crippen LogP contribution in [0.25, 0.3) is 0 Å². The van der Waals surface area contributed by atoms with E-state index in [1.54, 1.807) is 20.8 Å². The van der Waals surface area contributed by atoms with Crippen LogP contribution in [0.4, 0.5) is 4.79 Å². The highest BCUT2D eigenvalue weighted by Crippen LogP contribution is 2.19. The van der Waals surface area contributed by atoms with Crippen LogP contribution in [0.5, 0.6) is 0 Å². The molecule has 0 aromatic heterocycles. The first-order valence-corrected chi connectivity index (χ1v) is 5.13. The molecule has 0 aromatic carbocycles. The Morgan fingerprint density at radius 2 is 1.94 bits per heavy atom. The van der Waals surface area contributed by atoms with Crippen LogP contribution in [0.2, 0.25) is 0 Å². The van der Waals surface area contributed by atoms with Crippen molar-refractivity contribution in [3.63, 3.8) is 0 Å². The summed E-state index contributed by atoms with van der Waals surface area (Å²) in [6, 6.07) is -1.54. The van der Waals surface area contributed by atoms with E-state index >= 15 is 0 Å². The Morgan fingerprint density at radius 1 is 1.44 bits per heavy atom. The van der Waals surface area contributed by atoms with Gasteiger partial charge in [0.05, 0.1) is 6.54 Å². The van der Waals surface area contributed by atoms with Gasteiger partial charge in [0, 0.05) is 5.03 Å². The van der Waals surface area contributed by atoms with Crippen molar-refractivity contribution in [2.45, 2.75) is 26.8 Å². The first-order chi connectivity index (χ1) is 7.14. The molecule has 0 aliphatic rings. The van der Waals surface area contributed by atoms with E-state index in [9.17, 15) is 9.59 Å². The largest absolute Gasteiger partial charge is 0.480 e. The van der Waals surface area contributed by atoms with Crippen LogP contribution in [-0.2, 0) is 4.79 Å². The average Bonchev–Trinajstić information content (AvgIpc) is 2.08. The number of amides is 2. The number of hydrogen-bond donors (Lipinski definition) is 3. The second kappa shape index (κ2) is 5.75. The summed E-state index contributed by atoms with van der Waals surface area (Å²) in [5, 5.41) is 14.0. The summed E-state index contributed by atoms with van der Waals surface area (Å²) in [4.78, 5) is 22.3. The van der Waals surface area contributed by atoms with Crippen LogP contribution in [0.3, 0.4) is 0 Å². The standard InChI is InChI=1S/C10H17ClN2O3/c1-6(11)5-12-9(16)13-7(8(14)15)10(2,3)4/h7H,1,5H2,2-4H3,(H,14,15)(H2,12,13,16). The van der Waals surface area contributed by atoms with E-state index < -0.39 is 23.5 Å². The number of nitrogens with one attached hydrogen (secondary N) is 2. The third-order valence-electron chi connectivity index (χ3n) is 1.83. The second-order valence-electron chi connectivity index (χ2n) is 4.48. The molecule has 2 amide bonds. The van der Waals surface area contributed by atoms with E-state index in [0.29, 0.717) is 0 Å². The molecule has 0 saturated carbocycles. The van der Waals surface area contributed by atoms with Gasteiger partial charge in [0.2, 0.25) is 0 Å². The van der Waals surface area contributed by atoms with Gasteiger partial charge in [-0.2, -0.15) is 0 Å². The van der Waals surface area contributed by atoms with E-state index in [0.717, 1.165) is 0 Å². The van der Waals surface area contributed by atoms with Gasteiger partial charge in [0.25, 0.3) is 0 Å². The van der Waals surface area contributed by atoms with Crippen molar-refractivity contribution in [1.29, 1.82) is 0 Å². The predicted molar refractivity (Wildman–Crippen MR) is 62.4 cm³/mol. The molecule has 5 nitrogen and oxygen atoms in total. The fourth-order valence-electron chi connectivity index (χ4n) is 1.01. The fourth-order valence-corrected chi connectivity index (χ4v) is 1.07. The normalized spacial score (nSPS) is 12.8. The highest BCUT2D eigenvalue weighted by atomic mass is 35.5. The average molecular weight is 249 g/mol. The topological polar surface area (TPSA) is 78.4 Å². The molecule has 6 heteroatoms. The molecule has 0 saturated heterocycles. The third-order valence-corrected chi connectivity index (χ3v) is 1.96. The van der Waals surface area contributed by atoms with Gasteiger partial charge in [-0.1, -0.05) is 39.0 Å². The molecular formula is C10H17ClN2O3. The summed E-state index contributed by atoms with van der Waals surface area (Å²) >= 11 is 5.46. The lowest BCUT2D eigenvalue weighted by Gasteiger charge is -2.27. The molecule has 1 atom stereocenters. The Kier molecular flexibility index (Phi) is 5.30. The molecule has 3 N–H and O–H groups in total. The maximum atomic E-state index is 11.3. The molecule has 0 rings (SSSR count). The number of carboxylic acids is 1. The molecule has 0 bridgehead atoms. The predicted octanol–water partition coefficient (Wildman–Crippen LogP) is 1.54. The van der Waals surface area contributed by atoms with Crippen molar-refractivity contribution in [3.8, 4) is 0 Å². The van der Waals surface area contributed by atoms with Crippen LogP contribution in [0, 0.1) is 5.41 Å². The second-order valence-corrected chi connectivity index (χ2v) is 5.02. The number of aliphatic carboxylic acids is 1. The summed E-state index contributed by atoms with van der Waals surface area (Å²) in [7, 11) is 0. The number of rotatable bonds is 4. The van der Waals surface area contributed by atoms with Gasteiger partial charge in [-0.05, 0) is 5.41 Å². The number of hydrogen-bond acceptors (Lipinski definition) is 2. The van der Waals surface area contributed by atoms with Crippen LogP contribution >= 0.6 is 11.6 Å². The van der Waals surface area contributed by atoms with E-state index in [1.807, 2.05) is 0 Å². The minimum atomic E-state index is -1.08. The third kappa shape index (κ3) is 5.60. The van der Waals surface area contributed by atoms with E-state index in [-0.39, 0.29) is 11.6 Å². The molecule has 0 aliphatic carbocycles. The van der Waals surface area contributed by atoms with Crippen LogP contribution < -0.4 is 10.6 Å². The molecule has 0 fully saturated rings. The van der Waals surface area contributed by atoms with E-state index in [2.05, 4.69) is 17.2 Å². The summed E-state index contributed by atoms with van der Waals surface area (Å²) in [6.07, 6.45) is 0. The SMILES string of the molecule is C=C(Cl)CNC(=O)NC(C(=O)O)C(C)(C)C. The van der Waals surface area contributed by atoms with Gasteiger partial charge >= 0.3 is 12.0 Å². The zero-order valence-electron chi connectivity index (χ0n) is 9.63. The molecule has 0 aliphatic heterocycles. The van der Waals surface area contributed by atoms with E-state index in [4.69, 9.17) is 16.7 Å². The molecule has 0 spiro atoms. The fraction of sp³-hybridized carbons (Fsp3) is 0.600.